The van der Waals surface area contributed by atoms with Gasteiger partial charge in [0.25, 0.3) is 0 Å². The van der Waals surface area contributed by atoms with E-state index in [2.05, 4.69) is 46.5 Å². The summed E-state index contributed by atoms with van der Waals surface area (Å²) in [5.41, 5.74) is 3.32. The minimum absolute atomic E-state index is 0.0958. The van der Waals surface area contributed by atoms with Crippen molar-refractivity contribution in [2.24, 2.45) is 0 Å². The van der Waals surface area contributed by atoms with Gasteiger partial charge in [-0.3, -0.25) is 0 Å². The number of ether oxygens (including phenoxy) is 1. The molecule has 0 aliphatic carbocycles. The standard InChI is InChI=1S/C15H17N3O/c1-11-3-2-4-12(9-11)13-5-6-17-15(18-13)14-10-19-8-7-16-14/h2-6,9,14,16H,7-8,10H2,1H3. The Hall–Kier alpha value is -1.78. The molecule has 1 aliphatic heterocycles. The van der Waals surface area contributed by atoms with Gasteiger partial charge in [0.1, 0.15) is 5.82 Å². The van der Waals surface area contributed by atoms with Crippen LogP contribution >= 0.6 is 0 Å². The van der Waals surface area contributed by atoms with Crippen molar-refractivity contribution in [3.05, 3.63) is 47.9 Å². The summed E-state index contributed by atoms with van der Waals surface area (Å²) < 4.78 is 5.46. The van der Waals surface area contributed by atoms with Gasteiger partial charge in [0.05, 0.1) is 24.9 Å². The fourth-order valence-electron chi connectivity index (χ4n) is 2.24. The molecule has 4 nitrogen and oxygen atoms in total. The number of aryl methyl sites for hydroxylation is 1. The zero-order valence-electron chi connectivity index (χ0n) is 11.0. The lowest BCUT2D eigenvalue weighted by Crippen LogP contribution is -2.35. The van der Waals surface area contributed by atoms with E-state index in [9.17, 15) is 0 Å². The number of nitrogens with one attached hydrogen (secondary N) is 1. The lowest BCUT2D eigenvalue weighted by molar-refractivity contribution is 0.0742. The zero-order valence-corrected chi connectivity index (χ0v) is 11.0. The molecule has 1 aromatic carbocycles. The van der Waals surface area contributed by atoms with Gasteiger partial charge in [-0.25, -0.2) is 9.97 Å². The number of morpholine rings is 1. The first-order valence-electron chi connectivity index (χ1n) is 6.54. The van der Waals surface area contributed by atoms with Crippen LogP contribution < -0.4 is 5.32 Å². The lowest BCUT2D eigenvalue weighted by atomic mass is 10.1. The molecule has 2 aromatic rings. The zero-order chi connectivity index (χ0) is 13.1. The van der Waals surface area contributed by atoms with Crippen LogP contribution in [0.15, 0.2) is 36.5 Å². The Bertz CT molecular complexity index is 565. The van der Waals surface area contributed by atoms with Crippen molar-refractivity contribution in [1.82, 2.24) is 15.3 Å². The van der Waals surface area contributed by atoms with E-state index in [1.165, 1.54) is 5.56 Å². The van der Waals surface area contributed by atoms with E-state index in [-0.39, 0.29) is 6.04 Å². The first-order valence-corrected chi connectivity index (χ1v) is 6.54. The third-order valence-electron chi connectivity index (χ3n) is 3.22. The van der Waals surface area contributed by atoms with Gasteiger partial charge in [-0.05, 0) is 19.1 Å². The summed E-state index contributed by atoms with van der Waals surface area (Å²) in [7, 11) is 0. The molecule has 0 bridgehead atoms. The van der Waals surface area contributed by atoms with E-state index in [0.29, 0.717) is 6.61 Å². The van der Waals surface area contributed by atoms with Gasteiger partial charge in [-0.15, -0.1) is 0 Å². The predicted molar refractivity (Wildman–Crippen MR) is 73.8 cm³/mol. The maximum absolute atomic E-state index is 5.46. The SMILES string of the molecule is Cc1cccc(-c2ccnc(C3COCCN3)n2)c1. The molecule has 1 aliphatic rings. The Morgan fingerprint density at radius 3 is 3.05 bits per heavy atom. The predicted octanol–water partition coefficient (Wildman–Crippen LogP) is 2.11. The Kier molecular flexibility index (Phi) is 3.53. The minimum Gasteiger partial charge on any atom is -0.378 e. The van der Waals surface area contributed by atoms with Crippen LogP contribution in [0.5, 0.6) is 0 Å². The average Bonchev–Trinajstić information content (AvgIpc) is 2.48. The second kappa shape index (κ2) is 5.47. The highest BCUT2D eigenvalue weighted by molar-refractivity contribution is 5.59. The van der Waals surface area contributed by atoms with E-state index in [0.717, 1.165) is 30.2 Å². The molecule has 1 unspecified atom stereocenters. The van der Waals surface area contributed by atoms with Crippen molar-refractivity contribution in [2.75, 3.05) is 19.8 Å². The number of aromatic nitrogens is 2. The second-order valence-electron chi connectivity index (χ2n) is 4.75. The van der Waals surface area contributed by atoms with E-state index in [4.69, 9.17) is 4.74 Å². The Labute approximate surface area is 112 Å². The van der Waals surface area contributed by atoms with Crippen molar-refractivity contribution in [3.8, 4) is 11.3 Å². The summed E-state index contributed by atoms with van der Waals surface area (Å²) in [6, 6.07) is 10.4. The van der Waals surface area contributed by atoms with E-state index < -0.39 is 0 Å². The molecule has 0 spiro atoms. The highest BCUT2D eigenvalue weighted by atomic mass is 16.5. The monoisotopic (exact) mass is 255 g/mol. The minimum atomic E-state index is 0.0958. The fraction of sp³-hybridized carbons (Fsp3) is 0.333. The molecule has 0 saturated carbocycles. The maximum atomic E-state index is 5.46. The molecular formula is C15H17N3O. The lowest BCUT2D eigenvalue weighted by Gasteiger charge is -2.22. The molecule has 1 atom stereocenters. The molecule has 0 radical (unpaired) electrons. The molecule has 1 saturated heterocycles. The molecule has 4 heteroatoms. The van der Waals surface area contributed by atoms with Crippen LogP contribution in [0, 0.1) is 6.92 Å². The number of rotatable bonds is 2. The summed E-state index contributed by atoms with van der Waals surface area (Å²) in [5.74, 6) is 0.804. The third kappa shape index (κ3) is 2.80. The first kappa shape index (κ1) is 12.3. The summed E-state index contributed by atoms with van der Waals surface area (Å²) in [5, 5.41) is 3.38. The molecule has 98 valence electrons. The Balaban J connectivity index is 1.91. The Morgan fingerprint density at radius 1 is 1.32 bits per heavy atom. The van der Waals surface area contributed by atoms with Crippen LogP contribution in [0.4, 0.5) is 0 Å². The largest absolute Gasteiger partial charge is 0.378 e. The molecule has 1 fully saturated rings. The molecule has 1 aromatic heterocycles. The third-order valence-corrected chi connectivity index (χ3v) is 3.22. The van der Waals surface area contributed by atoms with Gasteiger partial charge in [0.15, 0.2) is 0 Å². The highest BCUT2D eigenvalue weighted by Crippen LogP contribution is 2.20. The van der Waals surface area contributed by atoms with Crippen molar-refractivity contribution < 1.29 is 4.74 Å². The van der Waals surface area contributed by atoms with Crippen molar-refractivity contribution in [2.45, 2.75) is 13.0 Å². The van der Waals surface area contributed by atoms with Gasteiger partial charge < -0.3 is 10.1 Å². The van der Waals surface area contributed by atoms with Crippen molar-refractivity contribution in [3.63, 3.8) is 0 Å². The summed E-state index contributed by atoms with van der Waals surface area (Å²) >= 11 is 0. The van der Waals surface area contributed by atoms with Gasteiger partial charge in [-0.1, -0.05) is 23.8 Å². The van der Waals surface area contributed by atoms with Crippen molar-refractivity contribution >= 4 is 0 Å². The Morgan fingerprint density at radius 2 is 2.26 bits per heavy atom. The summed E-state index contributed by atoms with van der Waals surface area (Å²) in [4.78, 5) is 9.01. The topological polar surface area (TPSA) is 47.0 Å². The smallest absolute Gasteiger partial charge is 0.148 e. The highest BCUT2D eigenvalue weighted by Gasteiger charge is 2.18. The second-order valence-corrected chi connectivity index (χ2v) is 4.75. The quantitative estimate of drug-likeness (QED) is 0.893. The number of hydrogen-bond acceptors (Lipinski definition) is 4. The normalized spacial score (nSPS) is 19.3. The van der Waals surface area contributed by atoms with Gasteiger partial charge in [0, 0.05) is 18.3 Å². The van der Waals surface area contributed by atoms with Crippen molar-refractivity contribution in [1.29, 1.82) is 0 Å². The molecule has 1 N–H and O–H groups in total. The number of nitrogens with zero attached hydrogens (tertiary/aromatic N) is 2. The first-order chi connectivity index (χ1) is 9.33. The molecule has 3 rings (SSSR count). The van der Waals surface area contributed by atoms with Crippen LogP contribution in [0.2, 0.25) is 0 Å². The van der Waals surface area contributed by atoms with E-state index in [1.54, 1.807) is 0 Å². The van der Waals surface area contributed by atoms with E-state index >= 15 is 0 Å². The average molecular weight is 255 g/mol. The van der Waals surface area contributed by atoms with E-state index in [1.807, 2.05) is 12.3 Å². The van der Waals surface area contributed by atoms with Crippen LogP contribution in [0.1, 0.15) is 17.4 Å². The van der Waals surface area contributed by atoms with Crippen LogP contribution in [-0.4, -0.2) is 29.7 Å². The summed E-state index contributed by atoms with van der Waals surface area (Å²) in [6.07, 6.45) is 1.82. The fourth-order valence-corrected chi connectivity index (χ4v) is 2.24. The van der Waals surface area contributed by atoms with Crippen LogP contribution in [0.3, 0.4) is 0 Å². The van der Waals surface area contributed by atoms with Gasteiger partial charge in [-0.2, -0.15) is 0 Å². The van der Waals surface area contributed by atoms with Gasteiger partial charge in [0.2, 0.25) is 0 Å². The molecular weight excluding hydrogens is 238 g/mol. The van der Waals surface area contributed by atoms with Gasteiger partial charge >= 0.3 is 0 Å². The van der Waals surface area contributed by atoms with Crippen LogP contribution in [-0.2, 0) is 4.74 Å². The molecule has 2 heterocycles. The molecule has 19 heavy (non-hydrogen) atoms. The van der Waals surface area contributed by atoms with Crippen LogP contribution in [0.25, 0.3) is 11.3 Å². The molecule has 0 amide bonds. The number of hydrogen-bond donors (Lipinski definition) is 1. The number of benzene rings is 1. The maximum Gasteiger partial charge on any atom is 0.148 e. The summed E-state index contributed by atoms with van der Waals surface area (Å²) in [6.45, 7) is 4.33.